The van der Waals surface area contributed by atoms with Gasteiger partial charge in [-0.25, -0.2) is 9.97 Å². The number of amides is 1. The van der Waals surface area contributed by atoms with E-state index >= 15 is 0 Å². The number of nitrogens with zero attached hydrogens (tertiary/aromatic N) is 4. The van der Waals surface area contributed by atoms with Crippen molar-refractivity contribution < 1.29 is 9.53 Å². The van der Waals surface area contributed by atoms with Crippen molar-refractivity contribution in [3.63, 3.8) is 0 Å². The minimum atomic E-state index is -0.0526. The highest BCUT2D eigenvalue weighted by Crippen LogP contribution is 2.36. The molecule has 0 radical (unpaired) electrons. The molecule has 1 aliphatic rings. The van der Waals surface area contributed by atoms with Crippen LogP contribution in [0, 0.1) is 13.8 Å². The van der Waals surface area contributed by atoms with Crippen molar-refractivity contribution in [2.24, 2.45) is 0 Å². The zero-order chi connectivity index (χ0) is 22.5. The van der Waals surface area contributed by atoms with Crippen LogP contribution in [0.4, 0.5) is 0 Å². The molecule has 0 saturated carbocycles. The Hall–Kier alpha value is -3.28. The van der Waals surface area contributed by atoms with Gasteiger partial charge in [-0.15, -0.1) is 0 Å². The lowest BCUT2D eigenvalue weighted by molar-refractivity contribution is -0.134. The van der Waals surface area contributed by atoms with Gasteiger partial charge in [0.05, 0.1) is 24.8 Å². The fourth-order valence-electron chi connectivity index (χ4n) is 4.39. The maximum atomic E-state index is 13.4. The first-order chi connectivity index (χ1) is 15.6. The molecule has 166 valence electrons. The molecule has 6 heteroatoms. The van der Waals surface area contributed by atoms with Crippen LogP contribution in [0.1, 0.15) is 54.9 Å². The second-order valence-electron chi connectivity index (χ2n) is 8.26. The number of piperidine rings is 1. The van der Waals surface area contributed by atoms with Gasteiger partial charge in [0, 0.05) is 30.7 Å². The van der Waals surface area contributed by atoms with E-state index in [9.17, 15) is 4.79 Å². The molecule has 6 nitrogen and oxygen atoms in total. The molecule has 1 unspecified atom stereocenters. The molecular weight excluding hydrogens is 400 g/mol. The molecule has 0 aliphatic carbocycles. The molecule has 4 rings (SSSR count). The van der Waals surface area contributed by atoms with Gasteiger partial charge >= 0.3 is 0 Å². The summed E-state index contributed by atoms with van der Waals surface area (Å²) < 4.78 is 5.52. The Morgan fingerprint density at radius 3 is 2.66 bits per heavy atom. The smallest absolute Gasteiger partial charge is 0.227 e. The van der Waals surface area contributed by atoms with Gasteiger partial charge in [-0.3, -0.25) is 9.78 Å². The highest BCUT2D eigenvalue weighted by Gasteiger charge is 2.31. The molecule has 1 amide bonds. The minimum Gasteiger partial charge on any atom is -0.494 e. The van der Waals surface area contributed by atoms with Gasteiger partial charge in [0.2, 0.25) is 5.91 Å². The fourth-order valence-corrected chi connectivity index (χ4v) is 4.39. The van der Waals surface area contributed by atoms with Gasteiger partial charge < -0.3 is 9.64 Å². The number of hydrogen-bond donors (Lipinski definition) is 0. The third-order valence-corrected chi connectivity index (χ3v) is 5.98. The van der Waals surface area contributed by atoms with Crippen LogP contribution in [0.15, 0.2) is 48.9 Å². The molecule has 1 aliphatic heterocycles. The predicted molar refractivity (Wildman–Crippen MR) is 124 cm³/mol. The number of pyridine rings is 1. The Bertz CT molecular complexity index is 1080. The Labute approximate surface area is 189 Å². The second-order valence-corrected chi connectivity index (χ2v) is 8.26. The Morgan fingerprint density at radius 2 is 1.91 bits per heavy atom. The van der Waals surface area contributed by atoms with E-state index in [0.717, 1.165) is 65.3 Å². The number of benzene rings is 1. The van der Waals surface area contributed by atoms with E-state index in [1.807, 2.05) is 68.4 Å². The van der Waals surface area contributed by atoms with Gasteiger partial charge in [-0.1, -0.05) is 12.1 Å². The summed E-state index contributed by atoms with van der Waals surface area (Å²) in [6, 6.07) is 9.76. The van der Waals surface area contributed by atoms with Crippen LogP contribution < -0.4 is 4.74 Å². The lowest BCUT2D eigenvalue weighted by Crippen LogP contribution is -2.40. The zero-order valence-electron chi connectivity index (χ0n) is 19.0. The quantitative estimate of drug-likeness (QED) is 0.559. The highest BCUT2D eigenvalue weighted by atomic mass is 16.5. The Kier molecular flexibility index (Phi) is 6.78. The van der Waals surface area contributed by atoms with Crippen molar-refractivity contribution in [3.8, 4) is 16.9 Å². The maximum Gasteiger partial charge on any atom is 0.227 e. The summed E-state index contributed by atoms with van der Waals surface area (Å²) in [4.78, 5) is 29.0. The molecule has 3 heterocycles. The summed E-state index contributed by atoms with van der Waals surface area (Å²) in [5.41, 5.74) is 5.06. The second kappa shape index (κ2) is 9.90. The lowest BCUT2D eigenvalue weighted by atomic mass is 9.92. The van der Waals surface area contributed by atoms with Gasteiger partial charge in [0.15, 0.2) is 0 Å². The molecule has 32 heavy (non-hydrogen) atoms. The van der Waals surface area contributed by atoms with Crippen LogP contribution in [-0.2, 0) is 11.2 Å². The average Bonchev–Trinajstić information content (AvgIpc) is 2.81. The number of carbonyl (C=O) groups is 1. The van der Waals surface area contributed by atoms with Crippen LogP contribution in [-0.4, -0.2) is 38.9 Å². The summed E-state index contributed by atoms with van der Waals surface area (Å²) in [5.74, 6) is 1.68. The largest absolute Gasteiger partial charge is 0.494 e. The molecule has 2 aromatic heterocycles. The summed E-state index contributed by atoms with van der Waals surface area (Å²) in [7, 11) is 0. The van der Waals surface area contributed by atoms with Crippen molar-refractivity contribution in [2.45, 2.75) is 52.5 Å². The Morgan fingerprint density at radius 1 is 1.09 bits per heavy atom. The third-order valence-electron chi connectivity index (χ3n) is 5.98. The van der Waals surface area contributed by atoms with Crippen molar-refractivity contribution >= 4 is 5.91 Å². The van der Waals surface area contributed by atoms with E-state index in [2.05, 4.69) is 9.97 Å². The molecule has 1 fully saturated rings. The number of hydrogen-bond acceptors (Lipinski definition) is 5. The first kappa shape index (κ1) is 21.9. The number of rotatable bonds is 6. The molecule has 1 saturated heterocycles. The van der Waals surface area contributed by atoms with E-state index in [1.54, 1.807) is 6.20 Å². The van der Waals surface area contributed by atoms with Crippen molar-refractivity contribution in [3.05, 3.63) is 71.6 Å². The highest BCUT2D eigenvalue weighted by molar-refractivity contribution is 5.80. The molecule has 1 aromatic carbocycles. The van der Waals surface area contributed by atoms with Gasteiger partial charge in [0.25, 0.3) is 0 Å². The first-order valence-electron chi connectivity index (χ1n) is 11.3. The molecule has 0 bridgehead atoms. The monoisotopic (exact) mass is 430 g/mol. The first-order valence-corrected chi connectivity index (χ1v) is 11.3. The normalized spacial score (nSPS) is 16.1. The van der Waals surface area contributed by atoms with Crippen molar-refractivity contribution in [1.29, 1.82) is 0 Å². The minimum absolute atomic E-state index is 0.0526. The number of ether oxygens (including phenoxy) is 1. The standard InChI is InChI=1S/C26H30N4O2/c1-4-32-21-10-8-20(9-11-21)15-25(31)30-14-6-5-7-24(30)26-23(17-28-19(3)29-26)22-12-13-27-16-18(22)2/h8-13,16-17,24H,4-7,14-15H2,1-3H3. The SMILES string of the molecule is CCOc1ccc(CC(=O)N2CCCCC2c2nc(C)ncc2-c2ccncc2C)cc1. The summed E-state index contributed by atoms with van der Waals surface area (Å²) in [6.07, 6.45) is 8.91. The Balaban J connectivity index is 1.63. The van der Waals surface area contributed by atoms with Crippen LogP contribution >= 0.6 is 0 Å². The fraction of sp³-hybridized carbons (Fsp3) is 0.385. The van der Waals surface area contributed by atoms with Gasteiger partial charge in [0.1, 0.15) is 11.6 Å². The van der Waals surface area contributed by atoms with E-state index in [4.69, 9.17) is 9.72 Å². The molecule has 0 spiro atoms. The molecule has 1 atom stereocenters. The van der Waals surface area contributed by atoms with Crippen LogP contribution in [0.3, 0.4) is 0 Å². The van der Waals surface area contributed by atoms with Crippen LogP contribution in [0.5, 0.6) is 5.75 Å². The van der Waals surface area contributed by atoms with Crippen molar-refractivity contribution in [2.75, 3.05) is 13.2 Å². The number of aromatic nitrogens is 3. The number of likely N-dealkylation sites (tertiary alicyclic amines) is 1. The topological polar surface area (TPSA) is 68.2 Å². The molecular formula is C26H30N4O2. The van der Waals surface area contributed by atoms with E-state index in [-0.39, 0.29) is 11.9 Å². The summed E-state index contributed by atoms with van der Waals surface area (Å²) in [6.45, 7) is 7.29. The molecule has 0 N–H and O–H groups in total. The van der Waals surface area contributed by atoms with E-state index in [1.165, 1.54) is 0 Å². The maximum absolute atomic E-state index is 13.4. The van der Waals surface area contributed by atoms with Crippen molar-refractivity contribution in [1.82, 2.24) is 19.9 Å². The van der Waals surface area contributed by atoms with Crippen LogP contribution in [0.25, 0.3) is 11.1 Å². The summed E-state index contributed by atoms with van der Waals surface area (Å²) >= 11 is 0. The van der Waals surface area contributed by atoms with E-state index < -0.39 is 0 Å². The van der Waals surface area contributed by atoms with Gasteiger partial charge in [-0.05, 0) is 74.9 Å². The van der Waals surface area contributed by atoms with E-state index in [0.29, 0.717) is 13.0 Å². The predicted octanol–water partition coefficient (Wildman–Crippen LogP) is 4.85. The summed E-state index contributed by atoms with van der Waals surface area (Å²) in [5, 5.41) is 0. The third kappa shape index (κ3) is 4.79. The molecule has 3 aromatic rings. The average molecular weight is 431 g/mol. The zero-order valence-corrected chi connectivity index (χ0v) is 19.0. The number of carbonyl (C=O) groups excluding carboxylic acids is 1. The van der Waals surface area contributed by atoms with Crippen LogP contribution in [0.2, 0.25) is 0 Å². The number of aryl methyl sites for hydroxylation is 2. The lowest BCUT2D eigenvalue weighted by Gasteiger charge is -2.36. The van der Waals surface area contributed by atoms with Gasteiger partial charge in [-0.2, -0.15) is 0 Å².